The molecule has 1 aliphatic heterocycles. The topological polar surface area (TPSA) is 120 Å². The van der Waals surface area contributed by atoms with E-state index in [1.807, 2.05) is 9.80 Å². The monoisotopic (exact) mass is 705 g/mol. The molecule has 0 spiro atoms. The van der Waals surface area contributed by atoms with Gasteiger partial charge in [-0.05, 0) is 48.5 Å². The van der Waals surface area contributed by atoms with Crippen LogP contribution in [0.25, 0.3) is 21.8 Å². The minimum Gasteiger partial charge on any atom is -0.367 e. The molecule has 3 aromatic carbocycles. The van der Waals surface area contributed by atoms with Gasteiger partial charge in [0.2, 0.25) is 5.95 Å². The van der Waals surface area contributed by atoms with Gasteiger partial charge in [-0.25, -0.2) is 36.5 Å². The van der Waals surface area contributed by atoms with Crippen LogP contribution in [-0.4, -0.2) is 72.7 Å². The maximum absolute atomic E-state index is 15.3. The normalized spacial score (nSPS) is 13.7. The van der Waals surface area contributed by atoms with Gasteiger partial charge in [-0.1, -0.05) is 24.8 Å². The lowest BCUT2D eigenvalue weighted by Crippen LogP contribution is -2.47. The van der Waals surface area contributed by atoms with Crippen LogP contribution in [0.4, 0.5) is 36.2 Å². The van der Waals surface area contributed by atoms with Crippen LogP contribution in [0.15, 0.2) is 90.4 Å². The third-order valence-electron chi connectivity index (χ3n) is 7.90. The number of hydrogen-bond donors (Lipinski definition) is 2. The maximum Gasteiger partial charge on any atom is 0.261 e. The molecule has 1 fully saturated rings. The number of carbonyl (C=O) groups excluding carboxylic acids is 1. The highest BCUT2D eigenvalue weighted by atomic mass is 32.2. The van der Waals surface area contributed by atoms with Crippen LogP contribution in [0.1, 0.15) is 10.4 Å². The lowest BCUT2D eigenvalue weighted by molar-refractivity contribution is 0.101. The fourth-order valence-corrected chi connectivity index (χ4v) is 6.81. The summed E-state index contributed by atoms with van der Waals surface area (Å²) in [5, 5.41) is 6.57. The van der Waals surface area contributed by atoms with E-state index in [2.05, 4.69) is 32.2 Å². The molecule has 0 radical (unpaired) electrons. The SMILES string of the molecule is C=CS(=O)(=O)CCN1CCN(c2ccc(Nc3nccc(-c4scnc4-c4cccc(NC(=O)c5c(F)cccc5F)c4)n3)cc2F)CC1. The molecule has 0 unspecified atom stereocenters. The molecular formula is C34H30F3N7O3S2. The molecule has 2 N–H and O–H groups in total. The van der Waals surface area contributed by atoms with Gasteiger partial charge in [0.15, 0.2) is 9.84 Å². The van der Waals surface area contributed by atoms with Crippen LogP contribution in [0.3, 0.4) is 0 Å². The van der Waals surface area contributed by atoms with Crippen molar-refractivity contribution >= 4 is 50.1 Å². The van der Waals surface area contributed by atoms with E-state index >= 15 is 4.39 Å². The minimum absolute atomic E-state index is 0.00729. The first-order chi connectivity index (χ1) is 23.6. The molecule has 0 aliphatic carbocycles. The molecule has 2 aromatic heterocycles. The number of halogens is 3. The van der Waals surface area contributed by atoms with Crippen molar-refractivity contribution in [2.24, 2.45) is 0 Å². The highest BCUT2D eigenvalue weighted by Gasteiger charge is 2.22. The predicted octanol–water partition coefficient (Wildman–Crippen LogP) is 6.36. The van der Waals surface area contributed by atoms with E-state index in [0.717, 1.165) is 17.5 Å². The summed E-state index contributed by atoms with van der Waals surface area (Å²) >= 11 is 1.34. The summed E-state index contributed by atoms with van der Waals surface area (Å²) in [6, 6.07) is 16.5. The Kier molecular flexibility index (Phi) is 10.0. The fourth-order valence-electron chi connectivity index (χ4n) is 5.35. The van der Waals surface area contributed by atoms with E-state index in [1.54, 1.807) is 54.2 Å². The van der Waals surface area contributed by atoms with E-state index in [0.29, 0.717) is 71.6 Å². The lowest BCUT2D eigenvalue weighted by atomic mass is 10.1. The van der Waals surface area contributed by atoms with Crippen molar-refractivity contribution in [1.29, 1.82) is 0 Å². The van der Waals surface area contributed by atoms with Crippen molar-refractivity contribution in [1.82, 2.24) is 19.9 Å². The smallest absolute Gasteiger partial charge is 0.261 e. The highest BCUT2D eigenvalue weighted by molar-refractivity contribution is 7.94. The number of amides is 1. The van der Waals surface area contributed by atoms with Crippen molar-refractivity contribution in [3.8, 4) is 21.8 Å². The van der Waals surface area contributed by atoms with Crippen LogP contribution >= 0.6 is 11.3 Å². The summed E-state index contributed by atoms with van der Waals surface area (Å²) in [6.45, 7) is 6.08. The first-order valence-corrected chi connectivity index (χ1v) is 17.7. The van der Waals surface area contributed by atoms with Gasteiger partial charge in [0.05, 0.1) is 33.2 Å². The van der Waals surface area contributed by atoms with Crippen molar-refractivity contribution in [2.45, 2.75) is 0 Å². The van der Waals surface area contributed by atoms with E-state index < -0.39 is 38.8 Å². The largest absolute Gasteiger partial charge is 0.367 e. The van der Waals surface area contributed by atoms with E-state index in [-0.39, 0.29) is 11.7 Å². The zero-order chi connectivity index (χ0) is 34.5. The average molecular weight is 706 g/mol. The van der Waals surface area contributed by atoms with Gasteiger partial charge in [0, 0.05) is 61.3 Å². The average Bonchev–Trinajstić information content (AvgIpc) is 3.59. The Bertz CT molecular complexity index is 2100. The van der Waals surface area contributed by atoms with Crippen LogP contribution in [-0.2, 0) is 9.84 Å². The number of nitrogens with one attached hydrogen (secondary N) is 2. The molecular weight excluding hydrogens is 676 g/mol. The Labute approximate surface area is 284 Å². The molecule has 1 aliphatic rings. The molecule has 3 heterocycles. The second kappa shape index (κ2) is 14.6. The molecule has 252 valence electrons. The van der Waals surface area contributed by atoms with Crippen molar-refractivity contribution in [3.05, 3.63) is 113 Å². The Morgan fingerprint density at radius 2 is 1.67 bits per heavy atom. The number of piperazine rings is 1. The summed E-state index contributed by atoms with van der Waals surface area (Å²) in [5.41, 5.74) is 3.95. The molecule has 49 heavy (non-hydrogen) atoms. The summed E-state index contributed by atoms with van der Waals surface area (Å²) < 4.78 is 67.0. The Morgan fingerprint density at radius 1 is 0.918 bits per heavy atom. The Morgan fingerprint density at radius 3 is 2.41 bits per heavy atom. The molecule has 5 aromatic rings. The number of hydrogen-bond acceptors (Lipinski definition) is 10. The van der Waals surface area contributed by atoms with E-state index in [4.69, 9.17) is 0 Å². The maximum atomic E-state index is 15.3. The van der Waals surface area contributed by atoms with Gasteiger partial charge in [0.1, 0.15) is 23.0 Å². The van der Waals surface area contributed by atoms with Gasteiger partial charge < -0.3 is 15.5 Å². The van der Waals surface area contributed by atoms with Crippen molar-refractivity contribution in [3.63, 3.8) is 0 Å². The zero-order valence-electron chi connectivity index (χ0n) is 25.9. The quantitative estimate of drug-likeness (QED) is 0.162. The molecule has 15 heteroatoms. The van der Waals surface area contributed by atoms with Gasteiger partial charge in [0.25, 0.3) is 5.91 Å². The third kappa shape index (κ3) is 7.96. The van der Waals surface area contributed by atoms with Gasteiger partial charge in [-0.15, -0.1) is 11.3 Å². The number of sulfone groups is 1. The van der Waals surface area contributed by atoms with Crippen molar-refractivity contribution < 1.29 is 26.4 Å². The molecule has 6 rings (SSSR count). The first kappa shape index (κ1) is 33.8. The third-order valence-corrected chi connectivity index (χ3v) is 10.0. The molecule has 0 bridgehead atoms. The zero-order valence-corrected chi connectivity index (χ0v) is 27.6. The molecule has 0 saturated carbocycles. The van der Waals surface area contributed by atoms with Gasteiger partial charge >= 0.3 is 0 Å². The minimum atomic E-state index is -3.27. The number of benzene rings is 3. The standard InChI is InChI=1S/C34H30F3N7O3S2/c1-2-49(46,47)18-17-43-13-15-44(16-14-43)29-10-9-24(20-27(29)37)41-34-38-12-11-28(42-34)32-31(39-21-48-32)22-5-3-6-23(19-22)40-33(45)30-25(35)7-4-8-26(30)36/h2-12,19-21H,1,13-18H2,(H,40,45)(H,38,41,42). The Balaban J connectivity index is 1.13. The molecule has 1 amide bonds. The summed E-state index contributed by atoms with van der Waals surface area (Å²) in [4.78, 5) is 30.7. The number of aromatic nitrogens is 3. The van der Waals surface area contributed by atoms with Crippen LogP contribution in [0, 0.1) is 17.5 Å². The van der Waals surface area contributed by atoms with E-state index in [1.165, 1.54) is 23.5 Å². The van der Waals surface area contributed by atoms with Gasteiger partial charge in [-0.3, -0.25) is 9.69 Å². The van der Waals surface area contributed by atoms with Crippen LogP contribution < -0.4 is 15.5 Å². The number of rotatable bonds is 11. The van der Waals surface area contributed by atoms with Crippen molar-refractivity contribution in [2.75, 3.05) is 54.0 Å². The Hall–Kier alpha value is -5.12. The summed E-state index contributed by atoms with van der Waals surface area (Å²) in [6.07, 6.45) is 1.57. The van der Waals surface area contributed by atoms with Crippen LogP contribution in [0.5, 0.6) is 0 Å². The molecule has 1 saturated heterocycles. The summed E-state index contributed by atoms with van der Waals surface area (Å²) in [7, 11) is -3.27. The highest BCUT2D eigenvalue weighted by Crippen LogP contribution is 2.35. The number of thiazole rings is 1. The number of carbonyl (C=O) groups is 1. The summed E-state index contributed by atoms with van der Waals surface area (Å²) in [5.74, 6) is -3.02. The van der Waals surface area contributed by atoms with E-state index in [9.17, 15) is 22.0 Å². The number of nitrogens with zero attached hydrogens (tertiary/aromatic N) is 5. The van der Waals surface area contributed by atoms with Gasteiger partial charge in [-0.2, -0.15) is 0 Å². The first-order valence-electron chi connectivity index (χ1n) is 15.1. The predicted molar refractivity (Wildman–Crippen MR) is 185 cm³/mol. The molecule has 10 nitrogen and oxygen atoms in total. The molecule has 0 atom stereocenters. The fraction of sp³-hybridized carbons (Fsp3) is 0.176. The lowest BCUT2D eigenvalue weighted by Gasteiger charge is -2.36. The second-order valence-electron chi connectivity index (χ2n) is 11.1. The van der Waals surface area contributed by atoms with Crippen LogP contribution in [0.2, 0.25) is 0 Å². The second-order valence-corrected chi connectivity index (χ2v) is 14.0. The number of anilines is 4.